The standard InChI is InChI=1S/C19H22N6O2S/c1-12-17(28-19(23-12)22-11-14-4-3-9-27-14)15-7-8-20-18(25-15)24-13-5-6-16(26-2)21-10-13/h5-8,10,14H,3-4,9,11H2,1-2H3,(H,22,23)(H,20,24,25). The van der Waals surface area contributed by atoms with Crippen molar-refractivity contribution in [3.8, 4) is 16.5 Å². The van der Waals surface area contributed by atoms with Crippen LogP contribution < -0.4 is 15.4 Å². The van der Waals surface area contributed by atoms with E-state index in [2.05, 4.69) is 30.6 Å². The molecule has 2 N–H and O–H groups in total. The smallest absolute Gasteiger partial charge is 0.227 e. The molecule has 0 amide bonds. The van der Waals surface area contributed by atoms with Crippen molar-refractivity contribution in [3.05, 3.63) is 36.3 Å². The monoisotopic (exact) mass is 398 g/mol. The lowest BCUT2D eigenvalue weighted by atomic mass is 10.2. The Hall–Kier alpha value is -2.78. The number of methoxy groups -OCH3 is 1. The number of nitrogens with one attached hydrogen (secondary N) is 2. The Morgan fingerprint density at radius 1 is 1.25 bits per heavy atom. The van der Waals surface area contributed by atoms with Crippen LogP contribution in [0, 0.1) is 6.92 Å². The summed E-state index contributed by atoms with van der Waals surface area (Å²) in [5.41, 5.74) is 2.56. The van der Waals surface area contributed by atoms with E-state index in [1.54, 1.807) is 36.9 Å². The number of hydrogen-bond donors (Lipinski definition) is 2. The summed E-state index contributed by atoms with van der Waals surface area (Å²) < 4.78 is 10.7. The van der Waals surface area contributed by atoms with Crippen molar-refractivity contribution in [2.75, 3.05) is 30.9 Å². The van der Waals surface area contributed by atoms with E-state index in [0.29, 0.717) is 11.8 Å². The number of rotatable bonds is 7. The molecule has 0 bridgehead atoms. The predicted octanol–water partition coefficient (Wildman–Crippen LogP) is 3.65. The van der Waals surface area contributed by atoms with Gasteiger partial charge in [-0.1, -0.05) is 11.3 Å². The molecular weight excluding hydrogens is 376 g/mol. The number of pyridine rings is 1. The number of aryl methyl sites for hydroxylation is 1. The fraction of sp³-hybridized carbons (Fsp3) is 0.368. The lowest BCUT2D eigenvalue weighted by Crippen LogP contribution is -2.18. The molecule has 28 heavy (non-hydrogen) atoms. The first-order valence-corrected chi connectivity index (χ1v) is 9.96. The van der Waals surface area contributed by atoms with Crippen molar-refractivity contribution < 1.29 is 9.47 Å². The van der Waals surface area contributed by atoms with Crippen LogP contribution in [-0.4, -0.2) is 46.3 Å². The molecule has 0 radical (unpaired) electrons. The highest BCUT2D eigenvalue weighted by atomic mass is 32.1. The highest BCUT2D eigenvalue weighted by Crippen LogP contribution is 2.32. The Labute approximate surface area is 167 Å². The maximum atomic E-state index is 5.66. The molecule has 8 nitrogen and oxygen atoms in total. The molecule has 1 aliphatic heterocycles. The molecule has 0 saturated carbocycles. The molecule has 3 aromatic rings. The molecule has 1 atom stereocenters. The van der Waals surface area contributed by atoms with E-state index in [1.165, 1.54) is 0 Å². The van der Waals surface area contributed by atoms with Gasteiger partial charge in [0.2, 0.25) is 11.8 Å². The second-order valence-corrected chi connectivity index (χ2v) is 7.43. The number of thiazole rings is 1. The van der Waals surface area contributed by atoms with E-state index in [1.807, 2.05) is 19.1 Å². The quantitative estimate of drug-likeness (QED) is 0.623. The van der Waals surface area contributed by atoms with Gasteiger partial charge in [-0.2, -0.15) is 0 Å². The van der Waals surface area contributed by atoms with Crippen LogP contribution in [0.5, 0.6) is 5.88 Å². The van der Waals surface area contributed by atoms with Crippen LogP contribution in [0.1, 0.15) is 18.5 Å². The van der Waals surface area contributed by atoms with Gasteiger partial charge in [0.15, 0.2) is 5.13 Å². The molecule has 1 fully saturated rings. The van der Waals surface area contributed by atoms with Crippen molar-refractivity contribution in [2.24, 2.45) is 0 Å². The van der Waals surface area contributed by atoms with Crippen LogP contribution in [0.3, 0.4) is 0 Å². The molecular formula is C19H22N6O2S. The number of nitrogens with zero attached hydrogens (tertiary/aromatic N) is 4. The maximum Gasteiger partial charge on any atom is 0.227 e. The minimum atomic E-state index is 0.278. The SMILES string of the molecule is COc1ccc(Nc2nccc(-c3sc(NCC4CCCO4)nc3C)n2)cn1. The molecule has 1 unspecified atom stereocenters. The minimum Gasteiger partial charge on any atom is -0.481 e. The zero-order valence-electron chi connectivity index (χ0n) is 15.8. The Balaban J connectivity index is 1.47. The van der Waals surface area contributed by atoms with Crippen LogP contribution in [0.2, 0.25) is 0 Å². The first-order valence-electron chi connectivity index (χ1n) is 9.14. The average Bonchev–Trinajstić information content (AvgIpc) is 3.37. The fourth-order valence-corrected chi connectivity index (χ4v) is 3.91. The van der Waals surface area contributed by atoms with Gasteiger partial charge in [-0.15, -0.1) is 0 Å². The van der Waals surface area contributed by atoms with Crippen molar-refractivity contribution in [3.63, 3.8) is 0 Å². The fourth-order valence-electron chi connectivity index (χ4n) is 2.97. The first-order chi connectivity index (χ1) is 13.7. The lowest BCUT2D eigenvalue weighted by Gasteiger charge is -2.09. The highest BCUT2D eigenvalue weighted by Gasteiger charge is 2.17. The average molecular weight is 398 g/mol. The summed E-state index contributed by atoms with van der Waals surface area (Å²) in [7, 11) is 1.59. The summed E-state index contributed by atoms with van der Waals surface area (Å²) in [6.07, 6.45) is 5.93. The van der Waals surface area contributed by atoms with E-state index >= 15 is 0 Å². The zero-order valence-corrected chi connectivity index (χ0v) is 16.6. The summed E-state index contributed by atoms with van der Waals surface area (Å²) in [6.45, 7) is 3.63. The van der Waals surface area contributed by atoms with Crippen LogP contribution in [0.25, 0.3) is 10.6 Å². The second-order valence-electron chi connectivity index (χ2n) is 6.43. The van der Waals surface area contributed by atoms with E-state index in [-0.39, 0.29) is 6.10 Å². The molecule has 0 aromatic carbocycles. The van der Waals surface area contributed by atoms with Gasteiger partial charge in [0.1, 0.15) is 0 Å². The van der Waals surface area contributed by atoms with Gasteiger partial charge in [-0.3, -0.25) is 0 Å². The Morgan fingerprint density at radius 3 is 2.93 bits per heavy atom. The van der Waals surface area contributed by atoms with Crippen LogP contribution in [0.4, 0.5) is 16.8 Å². The van der Waals surface area contributed by atoms with E-state index < -0.39 is 0 Å². The van der Waals surface area contributed by atoms with Gasteiger partial charge in [0.05, 0.1) is 41.4 Å². The Bertz CT molecular complexity index is 924. The second kappa shape index (κ2) is 8.49. The van der Waals surface area contributed by atoms with Gasteiger partial charge in [0.25, 0.3) is 0 Å². The number of hydrogen-bond acceptors (Lipinski definition) is 9. The summed E-state index contributed by atoms with van der Waals surface area (Å²) in [5.74, 6) is 1.06. The van der Waals surface area contributed by atoms with E-state index in [9.17, 15) is 0 Å². The van der Waals surface area contributed by atoms with Crippen molar-refractivity contribution in [1.29, 1.82) is 0 Å². The van der Waals surface area contributed by atoms with E-state index in [4.69, 9.17) is 9.47 Å². The third-order valence-corrected chi connectivity index (χ3v) is 5.53. The molecule has 0 aliphatic carbocycles. The van der Waals surface area contributed by atoms with Crippen molar-refractivity contribution >= 4 is 28.1 Å². The third-order valence-electron chi connectivity index (χ3n) is 4.39. The maximum absolute atomic E-state index is 5.66. The zero-order chi connectivity index (χ0) is 19.3. The van der Waals surface area contributed by atoms with Crippen LogP contribution >= 0.6 is 11.3 Å². The topological polar surface area (TPSA) is 94.1 Å². The van der Waals surface area contributed by atoms with Crippen molar-refractivity contribution in [1.82, 2.24) is 19.9 Å². The highest BCUT2D eigenvalue weighted by molar-refractivity contribution is 7.19. The largest absolute Gasteiger partial charge is 0.481 e. The molecule has 0 spiro atoms. The summed E-state index contributed by atoms with van der Waals surface area (Å²) in [6, 6.07) is 5.54. The van der Waals surface area contributed by atoms with Gasteiger partial charge >= 0.3 is 0 Å². The summed E-state index contributed by atoms with van der Waals surface area (Å²) in [5, 5.41) is 7.44. The molecule has 146 valence electrons. The molecule has 1 aliphatic rings. The predicted molar refractivity (Wildman–Crippen MR) is 109 cm³/mol. The summed E-state index contributed by atoms with van der Waals surface area (Å²) in [4.78, 5) is 18.8. The number of anilines is 3. The van der Waals surface area contributed by atoms with Gasteiger partial charge < -0.3 is 20.1 Å². The van der Waals surface area contributed by atoms with Gasteiger partial charge in [0, 0.05) is 25.4 Å². The van der Waals surface area contributed by atoms with Crippen LogP contribution in [0.15, 0.2) is 30.6 Å². The van der Waals surface area contributed by atoms with E-state index in [0.717, 1.165) is 53.1 Å². The summed E-state index contributed by atoms with van der Waals surface area (Å²) >= 11 is 1.59. The number of aromatic nitrogens is 4. The first kappa shape index (κ1) is 18.6. The third kappa shape index (κ3) is 4.37. The molecule has 3 aromatic heterocycles. The van der Waals surface area contributed by atoms with Crippen molar-refractivity contribution in [2.45, 2.75) is 25.9 Å². The Morgan fingerprint density at radius 2 is 2.18 bits per heavy atom. The minimum absolute atomic E-state index is 0.278. The van der Waals surface area contributed by atoms with Gasteiger partial charge in [-0.05, 0) is 31.9 Å². The molecule has 9 heteroatoms. The molecule has 4 heterocycles. The lowest BCUT2D eigenvalue weighted by molar-refractivity contribution is 0.120. The number of ether oxygens (including phenoxy) is 2. The van der Waals surface area contributed by atoms with Gasteiger partial charge in [-0.25, -0.2) is 19.9 Å². The normalized spacial score (nSPS) is 16.1. The molecule has 4 rings (SSSR count). The van der Waals surface area contributed by atoms with Crippen LogP contribution in [-0.2, 0) is 4.74 Å². The Kier molecular flexibility index (Phi) is 5.63. The molecule has 1 saturated heterocycles.